The third kappa shape index (κ3) is 8.57. The Labute approximate surface area is 224 Å². The lowest BCUT2D eigenvalue weighted by Crippen LogP contribution is -2.48. The summed E-state index contributed by atoms with van der Waals surface area (Å²) < 4.78 is 26.2. The first-order chi connectivity index (χ1) is 17.7. The Morgan fingerprint density at radius 3 is 2.41 bits per heavy atom. The lowest BCUT2D eigenvalue weighted by molar-refractivity contribution is 0.0830. The molecule has 3 aromatic carbocycles. The van der Waals surface area contributed by atoms with Crippen molar-refractivity contribution in [3.63, 3.8) is 0 Å². The van der Waals surface area contributed by atoms with Crippen LogP contribution in [-0.2, 0) is 23.0 Å². The number of hydrogen-bond donors (Lipinski definition) is 3. The molecule has 3 aromatic rings. The van der Waals surface area contributed by atoms with Crippen LogP contribution in [0.1, 0.15) is 34.8 Å². The summed E-state index contributed by atoms with van der Waals surface area (Å²) in [6.07, 6.45) is 0.0491. The van der Waals surface area contributed by atoms with Gasteiger partial charge in [0.05, 0.1) is 23.6 Å². The van der Waals surface area contributed by atoms with E-state index in [4.69, 9.17) is 11.6 Å². The van der Waals surface area contributed by atoms with E-state index in [2.05, 4.69) is 10.6 Å². The SMILES string of the molecule is CCCS(=O)(=O)N(C)c1cccc(C(=O)N[C@@H](Cc2ccccc2)[C@H](O)CNCc2cccc(Cl)c2)c1. The number of aliphatic hydroxyl groups is 1. The molecule has 3 N–H and O–H groups in total. The van der Waals surface area contributed by atoms with Crippen molar-refractivity contribution >= 4 is 33.2 Å². The highest BCUT2D eigenvalue weighted by Gasteiger charge is 2.23. The third-order valence-electron chi connectivity index (χ3n) is 6.00. The zero-order valence-electron chi connectivity index (χ0n) is 21.1. The first-order valence-electron chi connectivity index (χ1n) is 12.2. The molecule has 0 bridgehead atoms. The van der Waals surface area contributed by atoms with E-state index in [1.807, 2.05) is 48.5 Å². The first-order valence-corrected chi connectivity index (χ1v) is 14.2. The third-order valence-corrected chi connectivity index (χ3v) is 8.21. The van der Waals surface area contributed by atoms with Crippen LogP contribution in [0, 0.1) is 0 Å². The molecule has 0 saturated carbocycles. The van der Waals surface area contributed by atoms with Gasteiger partial charge in [0, 0.05) is 30.7 Å². The largest absolute Gasteiger partial charge is 0.390 e. The van der Waals surface area contributed by atoms with E-state index in [1.54, 1.807) is 37.3 Å². The van der Waals surface area contributed by atoms with Gasteiger partial charge < -0.3 is 15.7 Å². The molecule has 37 heavy (non-hydrogen) atoms. The highest BCUT2D eigenvalue weighted by atomic mass is 35.5. The Balaban J connectivity index is 1.72. The minimum Gasteiger partial charge on any atom is -0.390 e. The maximum Gasteiger partial charge on any atom is 0.251 e. The maximum atomic E-state index is 13.2. The second kappa shape index (κ2) is 13.6. The fraction of sp³-hybridized carbons (Fsp3) is 0.321. The highest BCUT2D eigenvalue weighted by Crippen LogP contribution is 2.19. The van der Waals surface area contributed by atoms with Gasteiger partial charge in [-0.15, -0.1) is 0 Å². The van der Waals surface area contributed by atoms with Crippen LogP contribution in [0.15, 0.2) is 78.9 Å². The van der Waals surface area contributed by atoms with Crippen LogP contribution in [-0.4, -0.2) is 50.9 Å². The summed E-state index contributed by atoms with van der Waals surface area (Å²) in [5.41, 5.74) is 2.68. The normalized spacial score (nSPS) is 13.1. The molecule has 0 aliphatic heterocycles. The second-order valence-electron chi connectivity index (χ2n) is 8.93. The molecule has 0 aliphatic rings. The smallest absolute Gasteiger partial charge is 0.251 e. The average Bonchev–Trinajstić information content (AvgIpc) is 2.88. The van der Waals surface area contributed by atoms with Gasteiger partial charge in [0.2, 0.25) is 10.0 Å². The van der Waals surface area contributed by atoms with E-state index in [1.165, 1.54) is 11.4 Å². The number of carbonyl (C=O) groups is 1. The van der Waals surface area contributed by atoms with Crippen molar-refractivity contribution in [2.24, 2.45) is 0 Å². The number of rotatable bonds is 13. The second-order valence-corrected chi connectivity index (χ2v) is 11.5. The first kappa shape index (κ1) is 28.7. The van der Waals surface area contributed by atoms with Gasteiger partial charge in [0.25, 0.3) is 5.91 Å². The predicted molar refractivity (Wildman–Crippen MR) is 149 cm³/mol. The molecule has 198 valence electrons. The average molecular weight is 544 g/mol. The van der Waals surface area contributed by atoms with E-state index in [-0.39, 0.29) is 12.3 Å². The van der Waals surface area contributed by atoms with Crippen LogP contribution in [0.2, 0.25) is 5.02 Å². The van der Waals surface area contributed by atoms with Crippen molar-refractivity contribution in [1.29, 1.82) is 0 Å². The van der Waals surface area contributed by atoms with Gasteiger partial charge in [0.1, 0.15) is 0 Å². The Bertz CT molecular complexity index is 1270. The van der Waals surface area contributed by atoms with Gasteiger partial charge >= 0.3 is 0 Å². The quantitative estimate of drug-likeness (QED) is 0.302. The van der Waals surface area contributed by atoms with Gasteiger partial charge in [0.15, 0.2) is 0 Å². The number of amides is 1. The number of hydrogen-bond acceptors (Lipinski definition) is 5. The van der Waals surface area contributed by atoms with E-state index < -0.39 is 28.1 Å². The van der Waals surface area contributed by atoms with Gasteiger partial charge in [-0.25, -0.2) is 8.42 Å². The highest BCUT2D eigenvalue weighted by molar-refractivity contribution is 7.92. The molecule has 2 atom stereocenters. The van der Waals surface area contributed by atoms with E-state index in [9.17, 15) is 18.3 Å². The number of benzene rings is 3. The maximum absolute atomic E-state index is 13.2. The summed E-state index contributed by atoms with van der Waals surface area (Å²) in [6, 6.07) is 23.0. The van der Waals surface area contributed by atoms with E-state index in [0.29, 0.717) is 35.7 Å². The Morgan fingerprint density at radius 1 is 1.00 bits per heavy atom. The zero-order valence-corrected chi connectivity index (χ0v) is 22.7. The van der Waals surface area contributed by atoms with Crippen LogP contribution in [0.5, 0.6) is 0 Å². The monoisotopic (exact) mass is 543 g/mol. The summed E-state index contributed by atoms with van der Waals surface area (Å²) in [6.45, 7) is 2.57. The minimum absolute atomic E-state index is 0.0213. The molecule has 0 heterocycles. The fourth-order valence-corrected chi connectivity index (χ4v) is 5.39. The molecule has 0 saturated heterocycles. The molecule has 0 radical (unpaired) electrons. The molecular formula is C28H34ClN3O4S. The number of nitrogens with one attached hydrogen (secondary N) is 2. The molecule has 7 nitrogen and oxygen atoms in total. The molecule has 0 aliphatic carbocycles. The van der Waals surface area contributed by atoms with Crippen molar-refractivity contribution in [2.75, 3.05) is 23.7 Å². The van der Waals surface area contributed by atoms with E-state index >= 15 is 0 Å². The Morgan fingerprint density at radius 2 is 1.70 bits per heavy atom. The lowest BCUT2D eigenvalue weighted by Gasteiger charge is -2.25. The fourth-order valence-electron chi connectivity index (χ4n) is 3.96. The number of aliphatic hydroxyl groups excluding tert-OH is 1. The van der Waals surface area contributed by atoms with Gasteiger partial charge in [-0.1, -0.05) is 67.1 Å². The van der Waals surface area contributed by atoms with Crippen molar-refractivity contribution in [3.05, 3.63) is 101 Å². The van der Waals surface area contributed by atoms with Crippen molar-refractivity contribution in [3.8, 4) is 0 Å². The number of anilines is 1. The van der Waals surface area contributed by atoms with Crippen LogP contribution < -0.4 is 14.9 Å². The molecule has 9 heteroatoms. The summed E-state index contributed by atoms with van der Waals surface area (Å²) in [7, 11) is -1.99. The molecular weight excluding hydrogens is 510 g/mol. The van der Waals surface area contributed by atoms with Gasteiger partial charge in [-0.05, 0) is 54.3 Å². The van der Waals surface area contributed by atoms with Crippen LogP contribution >= 0.6 is 11.6 Å². The molecule has 0 aromatic heterocycles. The summed E-state index contributed by atoms with van der Waals surface area (Å²) >= 11 is 6.05. The lowest BCUT2D eigenvalue weighted by atomic mass is 10.00. The standard InChI is InChI=1S/C28H34ClN3O4S/c1-3-15-37(35,36)32(2)25-14-8-12-23(18-25)28(34)31-26(17-21-9-5-4-6-10-21)27(33)20-30-19-22-11-7-13-24(29)16-22/h4-14,16,18,26-27,30,33H,3,15,17,19-20H2,1-2H3,(H,31,34)/t26-,27+/m0/s1. The Hall–Kier alpha value is -2.91. The summed E-state index contributed by atoms with van der Waals surface area (Å²) in [4.78, 5) is 13.2. The summed E-state index contributed by atoms with van der Waals surface area (Å²) in [5.74, 6) is -0.369. The van der Waals surface area contributed by atoms with Crippen LogP contribution in [0.3, 0.4) is 0 Å². The van der Waals surface area contributed by atoms with Crippen molar-refractivity contribution in [2.45, 2.75) is 38.5 Å². The number of halogens is 1. The van der Waals surface area contributed by atoms with Crippen LogP contribution in [0.25, 0.3) is 0 Å². The number of carbonyl (C=O) groups excluding carboxylic acids is 1. The van der Waals surface area contributed by atoms with E-state index in [0.717, 1.165) is 11.1 Å². The van der Waals surface area contributed by atoms with Gasteiger partial charge in [-0.2, -0.15) is 0 Å². The van der Waals surface area contributed by atoms with Gasteiger partial charge in [-0.3, -0.25) is 9.10 Å². The van der Waals surface area contributed by atoms with Crippen LogP contribution in [0.4, 0.5) is 5.69 Å². The Kier molecular flexibility index (Phi) is 10.5. The zero-order chi connectivity index (χ0) is 26.8. The molecule has 3 rings (SSSR count). The topological polar surface area (TPSA) is 98.7 Å². The predicted octanol–water partition coefficient (Wildman–Crippen LogP) is 4.01. The minimum atomic E-state index is -3.47. The summed E-state index contributed by atoms with van der Waals surface area (Å²) in [5, 5.41) is 17.8. The molecule has 0 unspecified atom stereocenters. The number of nitrogens with zero attached hydrogens (tertiary/aromatic N) is 1. The van der Waals surface area contributed by atoms with Crippen molar-refractivity contribution in [1.82, 2.24) is 10.6 Å². The molecule has 0 spiro atoms. The molecule has 1 amide bonds. The van der Waals surface area contributed by atoms with Crippen molar-refractivity contribution < 1.29 is 18.3 Å². The molecule has 0 fully saturated rings. The number of sulfonamides is 1.